The van der Waals surface area contributed by atoms with Crippen molar-refractivity contribution in [3.8, 4) is 0 Å². The standard InChI is InChI=1S/C20H22N4O3S.ClH/c1-13-10-14(2)18-17(11-13)28-20(21-18)23(9-8-22(3)4)19(25)15-6-5-7-16(12-15)24(26)27;/h5-7,10-12H,8-9H2,1-4H3;1H. The minimum atomic E-state index is -0.495. The monoisotopic (exact) mass is 434 g/mol. The van der Waals surface area contributed by atoms with Crippen LogP contribution in [0.15, 0.2) is 36.4 Å². The summed E-state index contributed by atoms with van der Waals surface area (Å²) in [7, 11) is 3.86. The smallest absolute Gasteiger partial charge is 0.270 e. The zero-order valence-electron chi connectivity index (χ0n) is 16.7. The van der Waals surface area contributed by atoms with Gasteiger partial charge in [0.15, 0.2) is 5.13 Å². The van der Waals surface area contributed by atoms with E-state index < -0.39 is 4.92 Å². The zero-order chi connectivity index (χ0) is 20.4. The first kappa shape index (κ1) is 22.7. The number of fused-ring (bicyclic) bond motifs is 1. The van der Waals surface area contributed by atoms with Crippen molar-refractivity contribution in [3.05, 3.63) is 63.2 Å². The van der Waals surface area contributed by atoms with Crippen molar-refractivity contribution in [2.24, 2.45) is 0 Å². The van der Waals surface area contributed by atoms with Gasteiger partial charge in [-0.2, -0.15) is 0 Å². The van der Waals surface area contributed by atoms with Crippen molar-refractivity contribution in [1.29, 1.82) is 0 Å². The summed E-state index contributed by atoms with van der Waals surface area (Å²) in [6, 6.07) is 9.95. The van der Waals surface area contributed by atoms with E-state index in [4.69, 9.17) is 4.98 Å². The molecule has 1 amide bonds. The number of nitro groups is 1. The van der Waals surface area contributed by atoms with Crippen LogP contribution >= 0.6 is 23.7 Å². The van der Waals surface area contributed by atoms with Crippen molar-refractivity contribution < 1.29 is 9.72 Å². The lowest BCUT2D eigenvalue weighted by Gasteiger charge is -2.22. The van der Waals surface area contributed by atoms with E-state index in [1.54, 1.807) is 11.0 Å². The van der Waals surface area contributed by atoms with Crippen molar-refractivity contribution in [2.45, 2.75) is 13.8 Å². The van der Waals surface area contributed by atoms with Crippen molar-refractivity contribution >= 4 is 50.7 Å². The van der Waals surface area contributed by atoms with Gasteiger partial charge in [0.25, 0.3) is 11.6 Å². The summed E-state index contributed by atoms with van der Waals surface area (Å²) in [6.07, 6.45) is 0. The van der Waals surface area contributed by atoms with Crippen LogP contribution in [0.2, 0.25) is 0 Å². The molecule has 0 N–H and O–H groups in total. The van der Waals surface area contributed by atoms with Crippen LogP contribution < -0.4 is 4.90 Å². The molecule has 0 saturated heterocycles. The lowest BCUT2D eigenvalue weighted by atomic mass is 10.1. The van der Waals surface area contributed by atoms with Gasteiger partial charge in [-0.1, -0.05) is 23.5 Å². The van der Waals surface area contributed by atoms with E-state index in [0.717, 1.165) is 21.3 Å². The number of carbonyl (C=O) groups is 1. The molecule has 0 atom stereocenters. The second kappa shape index (κ2) is 9.30. The SMILES string of the molecule is Cc1cc(C)c2nc(N(CCN(C)C)C(=O)c3cccc([N+](=O)[O-])c3)sc2c1.Cl. The number of hydrogen-bond acceptors (Lipinski definition) is 6. The third-order valence-electron chi connectivity index (χ3n) is 4.37. The van der Waals surface area contributed by atoms with E-state index in [2.05, 4.69) is 12.1 Å². The highest BCUT2D eigenvalue weighted by atomic mass is 35.5. The molecule has 7 nitrogen and oxygen atoms in total. The molecule has 29 heavy (non-hydrogen) atoms. The van der Waals surface area contributed by atoms with Gasteiger partial charge in [0.1, 0.15) is 0 Å². The fraction of sp³-hybridized carbons (Fsp3) is 0.300. The minimum absolute atomic E-state index is 0. The molecule has 0 bridgehead atoms. The molecule has 0 fully saturated rings. The van der Waals surface area contributed by atoms with Gasteiger partial charge in [0, 0.05) is 30.8 Å². The van der Waals surface area contributed by atoms with Crippen LogP contribution in [0.4, 0.5) is 10.8 Å². The Morgan fingerprint density at radius 1 is 1.17 bits per heavy atom. The lowest BCUT2D eigenvalue weighted by molar-refractivity contribution is -0.384. The van der Waals surface area contributed by atoms with E-state index in [1.807, 2.05) is 32.8 Å². The molecule has 0 spiro atoms. The maximum absolute atomic E-state index is 13.2. The molecule has 0 aliphatic heterocycles. The number of hydrogen-bond donors (Lipinski definition) is 0. The summed E-state index contributed by atoms with van der Waals surface area (Å²) in [5.41, 5.74) is 3.26. The van der Waals surface area contributed by atoms with Gasteiger partial charge in [0.05, 0.1) is 15.1 Å². The van der Waals surface area contributed by atoms with E-state index in [-0.39, 0.29) is 29.6 Å². The Labute approximate surface area is 179 Å². The summed E-state index contributed by atoms with van der Waals surface area (Å²) >= 11 is 1.46. The molecule has 0 radical (unpaired) electrons. The Kier molecular flexibility index (Phi) is 7.29. The highest BCUT2D eigenvalue weighted by Gasteiger charge is 2.23. The number of thiazole rings is 1. The van der Waals surface area contributed by atoms with Gasteiger partial charge in [-0.05, 0) is 51.2 Å². The van der Waals surface area contributed by atoms with Crippen molar-refractivity contribution in [1.82, 2.24) is 9.88 Å². The van der Waals surface area contributed by atoms with E-state index in [1.165, 1.54) is 29.5 Å². The topological polar surface area (TPSA) is 79.6 Å². The Bertz CT molecular complexity index is 1050. The first-order chi connectivity index (χ1) is 13.3. The van der Waals surface area contributed by atoms with Gasteiger partial charge in [-0.15, -0.1) is 12.4 Å². The predicted molar refractivity (Wildman–Crippen MR) is 120 cm³/mol. The largest absolute Gasteiger partial charge is 0.308 e. The molecular formula is C20H23ClN4O3S. The van der Waals surface area contributed by atoms with Gasteiger partial charge in [-0.3, -0.25) is 19.8 Å². The lowest BCUT2D eigenvalue weighted by Crippen LogP contribution is -2.36. The van der Waals surface area contributed by atoms with Crippen molar-refractivity contribution in [3.63, 3.8) is 0 Å². The number of nitrogens with zero attached hydrogens (tertiary/aromatic N) is 4. The average Bonchev–Trinajstić information content (AvgIpc) is 3.05. The van der Waals surface area contributed by atoms with Crippen LogP contribution in [0.25, 0.3) is 10.2 Å². The Morgan fingerprint density at radius 2 is 1.90 bits per heavy atom. The summed E-state index contributed by atoms with van der Waals surface area (Å²) in [5, 5.41) is 11.7. The fourth-order valence-corrected chi connectivity index (χ4v) is 4.13. The second-order valence-corrected chi connectivity index (χ2v) is 8.00. The molecule has 0 aliphatic carbocycles. The molecule has 0 saturated carbocycles. The maximum atomic E-state index is 13.2. The molecule has 3 aromatic rings. The molecule has 0 unspecified atom stereocenters. The number of carbonyl (C=O) groups excluding carboxylic acids is 1. The molecular weight excluding hydrogens is 412 g/mol. The number of nitro benzene ring substituents is 1. The molecule has 154 valence electrons. The number of anilines is 1. The number of aromatic nitrogens is 1. The minimum Gasteiger partial charge on any atom is -0.308 e. The van der Waals surface area contributed by atoms with E-state index in [0.29, 0.717) is 18.2 Å². The summed E-state index contributed by atoms with van der Waals surface area (Å²) in [5.74, 6) is -0.293. The highest BCUT2D eigenvalue weighted by Crippen LogP contribution is 2.32. The molecule has 1 heterocycles. The van der Waals surface area contributed by atoms with E-state index >= 15 is 0 Å². The maximum Gasteiger partial charge on any atom is 0.270 e. The quantitative estimate of drug-likeness (QED) is 0.423. The molecule has 3 rings (SSSR count). The number of rotatable bonds is 6. The van der Waals surface area contributed by atoms with Crippen LogP contribution in [0, 0.1) is 24.0 Å². The second-order valence-electron chi connectivity index (χ2n) is 6.99. The molecule has 9 heteroatoms. The summed E-state index contributed by atoms with van der Waals surface area (Å²) in [6.45, 7) is 5.12. The zero-order valence-corrected chi connectivity index (χ0v) is 18.3. The number of benzene rings is 2. The van der Waals surface area contributed by atoms with Crippen LogP contribution in [-0.2, 0) is 0 Å². The first-order valence-corrected chi connectivity index (χ1v) is 9.67. The predicted octanol–water partition coefficient (Wildman–Crippen LogP) is 4.45. The summed E-state index contributed by atoms with van der Waals surface area (Å²) < 4.78 is 1.02. The first-order valence-electron chi connectivity index (χ1n) is 8.85. The Hall–Kier alpha value is -2.55. The van der Waals surface area contributed by atoms with Crippen molar-refractivity contribution in [2.75, 3.05) is 32.1 Å². The Balaban J connectivity index is 0.00000300. The molecule has 1 aromatic heterocycles. The summed E-state index contributed by atoms with van der Waals surface area (Å²) in [4.78, 5) is 32.1. The van der Waals surface area contributed by atoms with E-state index in [9.17, 15) is 14.9 Å². The molecule has 0 aliphatic rings. The van der Waals surface area contributed by atoms with Crippen LogP contribution in [0.3, 0.4) is 0 Å². The molecule has 2 aromatic carbocycles. The normalized spacial score (nSPS) is 10.8. The fourth-order valence-electron chi connectivity index (χ4n) is 2.97. The third-order valence-corrected chi connectivity index (χ3v) is 5.39. The van der Waals surface area contributed by atoms with Crippen LogP contribution in [0.1, 0.15) is 21.5 Å². The highest BCUT2D eigenvalue weighted by molar-refractivity contribution is 7.22. The number of likely N-dealkylation sites (N-methyl/N-ethyl adjacent to an activating group) is 1. The van der Waals surface area contributed by atoms with Gasteiger partial charge < -0.3 is 4.90 Å². The number of aryl methyl sites for hydroxylation is 2. The third kappa shape index (κ3) is 5.09. The Morgan fingerprint density at radius 3 is 2.55 bits per heavy atom. The van der Waals surface area contributed by atoms with Crippen LogP contribution in [0.5, 0.6) is 0 Å². The number of non-ortho nitro benzene ring substituents is 1. The number of halogens is 1. The van der Waals surface area contributed by atoms with Crippen LogP contribution in [-0.4, -0.2) is 47.9 Å². The average molecular weight is 435 g/mol. The van der Waals surface area contributed by atoms with Gasteiger partial charge >= 0.3 is 0 Å². The van der Waals surface area contributed by atoms with Gasteiger partial charge in [0.2, 0.25) is 0 Å². The number of amides is 1. The van der Waals surface area contributed by atoms with Gasteiger partial charge in [-0.25, -0.2) is 4.98 Å².